The normalized spacial score (nSPS) is 30.0. The van der Waals surface area contributed by atoms with Gasteiger partial charge in [0.15, 0.2) is 5.69 Å². The van der Waals surface area contributed by atoms with E-state index in [1.807, 2.05) is 0 Å². The smallest absolute Gasteiger partial charge is 0.384 e. The van der Waals surface area contributed by atoms with Crippen LogP contribution in [0.5, 0.6) is 0 Å². The molecule has 30 heavy (non-hydrogen) atoms. The van der Waals surface area contributed by atoms with Crippen LogP contribution < -0.4 is 11.5 Å². The molecule has 0 aliphatic heterocycles. The van der Waals surface area contributed by atoms with Gasteiger partial charge >= 0.3 is 6.18 Å². The Hall–Kier alpha value is -2.65. The second-order valence-corrected chi connectivity index (χ2v) is 9.32. The minimum Gasteiger partial charge on any atom is -0.384 e. The van der Waals surface area contributed by atoms with Crippen molar-refractivity contribution < 1.29 is 18.0 Å². The van der Waals surface area contributed by atoms with Gasteiger partial charge in [-0.2, -0.15) is 23.3 Å². The van der Waals surface area contributed by atoms with Crippen molar-refractivity contribution in [1.29, 1.82) is 0 Å². The summed E-state index contributed by atoms with van der Waals surface area (Å²) in [5.74, 6) is 0.691. The van der Waals surface area contributed by atoms with Gasteiger partial charge in [0, 0.05) is 6.20 Å². The predicted molar refractivity (Wildman–Crippen MR) is 101 cm³/mol. The zero-order valence-electron chi connectivity index (χ0n) is 16.3. The van der Waals surface area contributed by atoms with Crippen LogP contribution in [0.1, 0.15) is 60.3 Å². The van der Waals surface area contributed by atoms with Crippen molar-refractivity contribution in [3.63, 3.8) is 0 Å². The number of halogens is 3. The Balaban J connectivity index is 1.66. The molecule has 0 atom stereocenters. The molecule has 2 aromatic heterocycles. The first kappa shape index (κ1) is 19.3. The zero-order valence-corrected chi connectivity index (χ0v) is 16.3. The third-order valence-electron chi connectivity index (χ3n) is 7.06. The summed E-state index contributed by atoms with van der Waals surface area (Å²) in [5.41, 5.74) is 9.29. The average Bonchev–Trinajstić information content (AvgIpc) is 2.99. The molecule has 6 rings (SSSR count). The fourth-order valence-corrected chi connectivity index (χ4v) is 6.56. The van der Waals surface area contributed by atoms with Crippen LogP contribution in [0.4, 0.5) is 19.0 Å². The maximum atomic E-state index is 13.7. The maximum absolute atomic E-state index is 13.7. The number of hydrogen-bond acceptors (Lipinski definition) is 5. The summed E-state index contributed by atoms with van der Waals surface area (Å²) in [6.07, 6.45) is 3.31. The summed E-state index contributed by atoms with van der Waals surface area (Å²) in [5, 5.41) is 3.72. The Bertz CT molecular complexity index is 979. The SMILES string of the molecule is NC(=O)c1c(C(F)(F)F)nn(-c2nccc(N)n2)c1CC12CC3CC(CC(C3)C1)C2. The van der Waals surface area contributed by atoms with Gasteiger partial charge in [-0.3, -0.25) is 4.79 Å². The Morgan fingerprint density at radius 1 is 1.17 bits per heavy atom. The number of hydrogen-bond donors (Lipinski definition) is 2. The third kappa shape index (κ3) is 3.13. The van der Waals surface area contributed by atoms with Crippen LogP contribution in [0.25, 0.3) is 5.95 Å². The number of nitrogen functional groups attached to an aromatic ring is 1. The van der Waals surface area contributed by atoms with Gasteiger partial charge < -0.3 is 11.5 Å². The average molecular weight is 420 g/mol. The molecular weight excluding hydrogens is 397 g/mol. The highest BCUT2D eigenvalue weighted by molar-refractivity contribution is 5.95. The minimum atomic E-state index is -4.83. The molecule has 2 heterocycles. The second-order valence-electron chi connectivity index (χ2n) is 9.32. The van der Waals surface area contributed by atoms with Crippen LogP contribution >= 0.6 is 0 Å². The Kier molecular flexibility index (Phi) is 4.14. The quantitative estimate of drug-likeness (QED) is 0.789. The number of carbonyl (C=O) groups excluding carboxylic acids is 1. The Labute approximate surface area is 171 Å². The highest BCUT2D eigenvalue weighted by atomic mass is 19.4. The molecule has 0 saturated heterocycles. The lowest BCUT2D eigenvalue weighted by Crippen LogP contribution is -2.47. The van der Waals surface area contributed by atoms with E-state index in [-0.39, 0.29) is 22.9 Å². The summed E-state index contributed by atoms with van der Waals surface area (Å²) in [6, 6.07) is 1.44. The summed E-state index contributed by atoms with van der Waals surface area (Å²) in [7, 11) is 0. The number of rotatable bonds is 4. The molecule has 0 radical (unpaired) electrons. The third-order valence-corrected chi connectivity index (χ3v) is 7.06. The van der Waals surface area contributed by atoms with E-state index in [2.05, 4.69) is 15.1 Å². The van der Waals surface area contributed by atoms with Crippen molar-refractivity contribution >= 4 is 11.7 Å². The molecule has 160 valence electrons. The molecule has 0 aromatic carbocycles. The number of nitrogens with two attached hydrogens (primary N) is 2. The summed E-state index contributed by atoms with van der Waals surface area (Å²) >= 11 is 0. The van der Waals surface area contributed by atoms with Crippen LogP contribution in [0.15, 0.2) is 12.3 Å². The second kappa shape index (κ2) is 6.42. The molecule has 4 N–H and O–H groups in total. The molecule has 1 amide bonds. The van der Waals surface area contributed by atoms with Gasteiger partial charge in [-0.15, -0.1) is 0 Å². The molecule has 4 bridgehead atoms. The number of aromatic nitrogens is 4. The van der Waals surface area contributed by atoms with E-state index in [0.29, 0.717) is 24.2 Å². The fraction of sp³-hybridized carbons (Fsp3) is 0.600. The van der Waals surface area contributed by atoms with E-state index in [1.54, 1.807) is 0 Å². The number of anilines is 1. The first-order chi connectivity index (χ1) is 14.1. The standard InChI is InChI=1S/C20H23F3N6O/c21-20(22,23)16-15(17(25)30)13(29(28-16)18-26-2-1-14(24)27-18)9-19-6-10-3-11(7-19)5-12(4-10)8-19/h1-2,10-12H,3-9H2,(H2,25,30)(H2,24,26,27). The molecule has 0 unspecified atom stereocenters. The van der Waals surface area contributed by atoms with E-state index >= 15 is 0 Å². The lowest BCUT2D eigenvalue weighted by Gasteiger charge is -2.57. The minimum absolute atomic E-state index is 0.0901. The number of alkyl halides is 3. The number of amides is 1. The van der Waals surface area contributed by atoms with Gasteiger partial charge in [0.2, 0.25) is 0 Å². The van der Waals surface area contributed by atoms with Crippen molar-refractivity contribution in [2.45, 2.75) is 51.1 Å². The Morgan fingerprint density at radius 3 is 2.27 bits per heavy atom. The van der Waals surface area contributed by atoms with E-state index in [4.69, 9.17) is 11.5 Å². The summed E-state index contributed by atoms with van der Waals surface area (Å²) < 4.78 is 42.3. The van der Waals surface area contributed by atoms with Gasteiger partial charge in [-0.1, -0.05) is 0 Å². The monoisotopic (exact) mass is 420 g/mol. The van der Waals surface area contributed by atoms with E-state index in [1.165, 1.54) is 31.5 Å². The summed E-state index contributed by atoms with van der Waals surface area (Å²) in [6.45, 7) is 0. The van der Waals surface area contributed by atoms with Crippen LogP contribution in [0.2, 0.25) is 0 Å². The zero-order chi connectivity index (χ0) is 21.3. The molecule has 7 nitrogen and oxygen atoms in total. The van der Waals surface area contributed by atoms with Crippen LogP contribution in [0, 0.1) is 23.2 Å². The lowest BCUT2D eigenvalue weighted by molar-refractivity contribution is -0.141. The number of primary amides is 1. The van der Waals surface area contributed by atoms with Crippen LogP contribution in [-0.4, -0.2) is 25.7 Å². The van der Waals surface area contributed by atoms with Crippen LogP contribution in [-0.2, 0) is 12.6 Å². The predicted octanol–water partition coefficient (Wildman–Crippen LogP) is 3.12. The van der Waals surface area contributed by atoms with Gasteiger partial charge in [0.1, 0.15) is 5.82 Å². The molecule has 4 saturated carbocycles. The molecular formula is C20H23F3N6O. The molecule has 2 aromatic rings. The van der Waals surface area contributed by atoms with Crippen LogP contribution in [0.3, 0.4) is 0 Å². The van der Waals surface area contributed by atoms with Crippen molar-refractivity contribution in [3.8, 4) is 5.95 Å². The molecule has 4 aliphatic carbocycles. The van der Waals surface area contributed by atoms with E-state index in [0.717, 1.165) is 23.9 Å². The van der Waals surface area contributed by atoms with E-state index in [9.17, 15) is 18.0 Å². The number of nitrogens with zero attached hydrogens (tertiary/aromatic N) is 4. The topological polar surface area (TPSA) is 113 Å². The molecule has 4 fully saturated rings. The largest absolute Gasteiger partial charge is 0.436 e. The molecule has 0 spiro atoms. The van der Waals surface area contributed by atoms with E-state index < -0.39 is 23.3 Å². The molecule has 4 aliphatic rings. The number of carbonyl (C=O) groups is 1. The maximum Gasteiger partial charge on any atom is 0.436 e. The van der Waals surface area contributed by atoms with Crippen molar-refractivity contribution in [1.82, 2.24) is 19.7 Å². The van der Waals surface area contributed by atoms with Gasteiger partial charge in [0.05, 0.1) is 11.3 Å². The van der Waals surface area contributed by atoms with Gasteiger partial charge in [-0.05, 0) is 74.2 Å². The van der Waals surface area contributed by atoms with Crippen molar-refractivity contribution in [2.75, 3.05) is 5.73 Å². The van der Waals surface area contributed by atoms with Gasteiger partial charge in [0.25, 0.3) is 11.9 Å². The fourth-order valence-electron chi connectivity index (χ4n) is 6.56. The molecule has 10 heteroatoms. The lowest BCUT2D eigenvalue weighted by atomic mass is 9.48. The first-order valence-corrected chi connectivity index (χ1v) is 10.2. The highest BCUT2D eigenvalue weighted by Crippen LogP contribution is 2.61. The van der Waals surface area contributed by atoms with Crippen molar-refractivity contribution in [2.24, 2.45) is 28.9 Å². The summed E-state index contributed by atoms with van der Waals surface area (Å²) in [4.78, 5) is 20.3. The Morgan fingerprint density at radius 2 is 1.77 bits per heavy atom. The van der Waals surface area contributed by atoms with Gasteiger partial charge in [-0.25, -0.2) is 9.67 Å². The first-order valence-electron chi connectivity index (χ1n) is 10.2. The highest BCUT2D eigenvalue weighted by Gasteiger charge is 2.52. The van der Waals surface area contributed by atoms with Crippen molar-refractivity contribution in [3.05, 3.63) is 29.2 Å².